The van der Waals surface area contributed by atoms with Crippen LogP contribution in [-0.4, -0.2) is 14.1 Å². The number of nitrogens with one attached hydrogen (secondary N) is 1. The van der Waals surface area contributed by atoms with E-state index in [0.717, 1.165) is 6.54 Å². The van der Waals surface area contributed by atoms with Crippen molar-refractivity contribution in [3.05, 3.63) is 59.2 Å². The Morgan fingerprint density at radius 1 is 0.947 bits per heavy atom. The van der Waals surface area contributed by atoms with Crippen LogP contribution in [-0.2, 0) is 6.54 Å². The molecule has 2 aromatic rings. The number of anilines is 2. The van der Waals surface area contributed by atoms with Gasteiger partial charge >= 0.3 is 0 Å². The molecule has 2 aromatic carbocycles. The molecule has 0 saturated carbocycles. The maximum atomic E-state index is 3.52. The van der Waals surface area contributed by atoms with Gasteiger partial charge in [-0.1, -0.05) is 24.3 Å². The number of rotatable bonds is 4. The van der Waals surface area contributed by atoms with E-state index in [9.17, 15) is 0 Å². The minimum atomic E-state index is 0.870. The van der Waals surface area contributed by atoms with Crippen molar-refractivity contribution in [1.82, 2.24) is 0 Å². The lowest BCUT2D eigenvalue weighted by Crippen LogP contribution is -2.09. The average Bonchev–Trinajstić information content (AvgIpc) is 2.39. The minimum absolute atomic E-state index is 0.870. The van der Waals surface area contributed by atoms with Crippen LogP contribution in [0.2, 0.25) is 0 Å². The molecule has 0 fully saturated rings. The number of hydrogen-bond acceptors (Lipinski definition) is 2. The molecule has 1 N–H and O–H groups in total. The lowest BCUT2D eigenvalue weighted by Gasteiger charge is -2.16. The van der Waals surface area contributed by atoms with Crippen LogP contribution in [0.1, 0.15) is 16.7 Å². The van der Waals surface area contributed by atoms with Crippen LogP contribution in [0.4, 0.5) is 11.4 Å². The molecule has 0 aliphatic carbocycles. The quantitative estimate of drug-likeness (QED) is 0.887. The normalized spacial score (nSPS) is 10.3. The van der Waals surface area contributed by atoms with Crippen molar-refractivity contribution in [2.75, 3.05) is 24.3 Å². The average molecular weight is 254 g/mol. The molecule has 0 radical (unpaired) electrons. The highest BCUT2D eigenvalue weighted by Crippen LogP contribution is 2.22. The van der Waals surface area contributed by atoms with Crippen molar-refractivity contribution in [2.45, 2.75) is 20.4 Å². The van der Waals surface area contributed by atoms with Crippen molar-refractivity contribution in [3.8, 4) is 0 Å². The van der Waals surface area contributed by atoms with Crippen LogP contribution >= 0.6 is 0 Å². The number of aryl methyl sites for hydroxylation is 2. The van der Waals surface area contributed by atoms with E-state index in [2.05, 4.69) is 80.6 Å². The molecule has 0 saturated heterocycles. The van der Waals surface area contributed by atoms with E-state index in [1.807, 2.05) is 0 Å². The molecule has 0 spiro atoms. The van der Waals surface area contributed by atoms with Crippen molar-refractivity contribution < 1.29 is 0 Å². The summed E-state index contributed by atoms with van der Waals surface area (Å²) in [6, 6.07) is 15.0. The van der Waals surface area contributed by atoms with E-state index in [-0.39, 0.29) is 0 Å². The molecule has 0 heterocycles. The summed E-state index contributed by atoms with van der Waals surface area (Å²) in [4.78, 5) is 2.12. The molecule has 2 nitrogen and oxygen atoms in total. The third-order valence-electron chi connectivity index (χ3n) is 3.46. The van der Waals surface area contributed by atoms with Gasteiger partial charge in [0.2, 0.25) is 0 Å². The molecule has 2 heteroatoms. The van der Waals surface area contributed by atoms with E-state index >= 15 is 0 Å². The molecule has 19 heavy (non-hydrogen) atoms. The third-order valence-corrected chi connectivity index (χ3v) is 3.46. The summed E-state index contributed by atoms with van der Waals surface area (Å²) in [5.74, 6) is 0. The van der Waals surface area contributed by atoms with Crippen LogP contribution in [0.15, 0.2) is 42.5 Å². The molecular weight excluding hydrogens is 232 g/mol. The maximum Gasteiger partial charge on any atom is 0.0403 e. The first-order chi connectivity index (χ1) is 9.08. The molecule has 0 aliphatic rings. The predicted molar refractivity (Wildman–Crippen MR) is 84.0 cm³/mol. The van der Waals surface area contributed by atoms with E-state index in [1.54, 1.807) is 0 Å². The van der Waals surface area contributed by atoms with E-state index in [4.69, 9.17) is 0 Å². The molecular formula is C17H22N2. The zero-order valence-electron chi connectivity index (χ0n) is 12.2. The summed E-state index contributed by atoms with van der Waals surface area (Å²) in [7, 11) is 4.13. The van der Waals surface area contributed by atoms with Crippen molar-refractivity contribution in [2.24, 2.45) is 0 Å². The monoisotopic (exact) mass is 254 g/mol. The summed E-state index contributed by atoms with van der Waals surface area (Å²) >= 11 is 0. The standard InChI is InChI=1S/C17H22N2/c1-13-7-5-6-8-15(13)12-18-17-10-9-16(19(3)4)11-14(17)2/h5-11,18H,12H2,1-4H3. The van der Waals surface area contributed by atoms with Crippen molar-refractivity contribution in [3.63, 3.8) is 0 Å². The zero-order chi connectivity index (χ0) is 13.8. The SMILES string of the molecule is Cc1ccccc1CNc1ccc(N(C)C)cc1C. The third kappa shape index (κ3) is 3.28. The molecule has 2 rings (SSSR count). The first kappa shape index (κ1) is 13.5. The maximum absolute atomic E-state index is 3.52. The molecule has 0 aliphatic heterocycles. The van der Waals surface area contributed by atoms with Crippen LogP contribution in [0.5, 0.6) is 0 Å². The van der Waals surface area contributed by atoms with Gasteiger partial charge in [0.15, 0.2) is 0 Å². The van der Waals surface area contributed by atoms with Gasteiger partial charge in [-0.15, -0.1) is 0 Å². The topological polar surface area (TPSA) is 15.3 Å². The highest BCUT2D eigenvalue weighted by Gasteiger charge is 2.02. The first-order valence-electron chi connectivity index (χ1n) is 6.64. The number of hydrogen-bond donors (Lipinski definition) is 1. The van der Waals surface area contributed by atoms with Gasteiger partial charge in [-0.3, -0.25) is 0 Å². The molecule has 100 valence electrons. The Hall–Kier alpha value is -1.96. The summed E-state index contributed by atoms with van der Waals surface area (Å²) in [6.07, 6.45) is 0. The summed E-state index contributed by atoms with van der Waals surface area (Å²) < 4.78 is 0. The Morgan fingerprint density at radius 2 is 1.68 bits per heavy atom. The number of benzene rings is 2. The summed E-state index contributed by atoms with van der Waals surface area (Å²) in [6.45, 7) is 5.17. The molecule has 0 atom stereocenters. The second kappa shape index (κ2) is 5.79. The van der Waals surface area contributed by atoms with Crippen molar-refractivity contribution >= 4 is 11.4 Å². The summed E-state index contributed by atoms with van der Waals surface area (Å²) in [5, 5.41) is 3.52. The van der Waals surface area contributed by atoms with Gasteiger partial charge in [0.25, 0.3) is 0 Å². The molecule has 0 bridgehead atoms. The Kier molecular flexibility index (Phi) is 4.10. The van der Waals surface area contributed by atoms with Gasteiger partial charge in [-0.25, -0.2) is 0 Å². The fraction of sp³-hybridized carbons (Fsp3) is 0.294. The highest BCUT2D eigenvalue weighted by atomic mass is 15.1. The predicted octanol–water partition coefficient (Wildman–Crippen LogP) is 3.98. The van der Waals surface area contributed by atoms with Crippen LogP contribution in [0, 0.1) is 13.8 Å². The lowest BCUT2D eigenvalue weighted by molar-refractivity contribution is 1.10. The van der Waals surface area contributed by atoms with Gasteiger partial charge < -0.3 is 10.2 Å². The fourth-order valence-corrected chi connectivity index (χ4v) is 2.12. The van der Waals surface area contributed by atoms with Crippen LogP contribution < -0.4 is 10.2 Å². The minimum Gasteiger partial charge on any atom is -0.381 e. The van der Waals surface area contributed by atoms with E-state index in [1.165, 1.54) is 28.1 Å². The molecule has 0 amide bonds. The lowest BCUT2D eigenvalue weighted by atomic mass is 10.1. The zero-order valence-corrected chi connectivity index (χ0v) is 12.2. The number of nitrogens with zero attached hydrogens (tertiary/aromatic N) is 1. The fourth-order valence-electron chi connectivity index (χ4n) is 2.12. The van der Waals surface area contributed by atoms with E-state index in [0.29, 0.717) is 0 Å². The Morgan fingerprint density at radius 3 is 2.32 bits per heavy atom. The molecule has 0 unspecified atom stereocenters. The van der Waals surface area contributed by atoms with Gasteiger partial charge in [0.05, 0.1) is 0 Å². The van der Waals surface area contributed by atoms with E-state index < -0.39 is 0 Å². The smallest absolute Gasteiger partial charge is 0.0403 e. The second-order valence-electron chi connectivity index (χ2n) is 5.17. The summed E-state index contributed by atoms with van der Waals surface area (Å²) in [5.41, 5.74) is 6.39. The Labute approximate surface area is 116 Å². The Bertz CT molecular complexity index is 559. The van der Waals surface area contributed by atoms with Crippen molar-refractivity contribution in [1.29, 1.82) is 0 Å². The largest absolute Gasteiger partial charge is 0.381 e. The van der Waals surface area contributed by atoms with Crippen LogP contribution in [0.3, 0.4) is 0 Å². The van der Waals surface area contributed by atoms with Gasteiger partial charge in [-0.05, 0) is 48.7 Å². The van der Waals surface area contributed by atoms with Gasteiger partial charge in [0.1, 0.15) is 0 Å². The first-order valence-corrected chi connectivity index (χ1v) is 6.64. The Balaban J connectivity index is 2.10. The molecule has 0 aromatic heterocycles. The second-order valence-corrected chi connectivity index (χ2v) is 5.17. The van der Waals surface area contributed by atoms with Gasteiger partial charge in [0, 0.05) is 32.0 Å². The highest BCUT2D eigenvalue weighted by molar-refractivity contribution is 5.60. The van der Waals surface area contributed by atoms with Crippen LogP contribution in [0.25, 0.3) is 0 Å². The van der Waals surface area contributed by atoms with Gasteiger partial charge in [-0.2, -0.15) is 0 Å².